The molecule has 2 saturated heterocycles. The summed E-state index contributed by atoms with van der Waals surface area (Å²) in [6.07, 6.45) is 7.53. The Balaban J connectivity index is 1.65. The molecule has 0 N–H and O–H groups in total. The Morgan fingerprint density at radius 3 is 2.83 bits per heavy atom. The monoisotopic (exact) mass is 400 g/mol. The maximum absolute atomic E-state index is 13.1. The quantitative estimate of drug-likeness (QED) is 0.428. The fourth-order valence-electron chi connectivity index (χ4n) is 6.45. The van der Waals surface area contributed by atoms with Gasteiger partial charge in [-0.2, -0.15) is 0 Å². The highest BCUT2D eigenvalue weighted by molar-refractivity contribution is 5.80. The van der Waals surface area contributed by atoms with E-state index in [4.69, 9.17) is 18.6 Å². The van der Waals surface area contributed by atoms with Crippen molar-refractivity contribution in [3.8, 4) is 0 Å². The van der Waals surface area contributed by atoms with Crippen LogP contribution in [-0.2, 0) is 28.6 Å². The molecule has 0 radical (unpaired) electrons. The minimum Gasteiger partial charge on any atom is -0.472 e. The van der Waals surface area contributed by atoms with Crippen molar-refractivity contribution in [2.45, 2.75) is 45.3 Å². The summed E-state index contributed by atoms with van der Waals surface area (Å²) in [5, 5.41) is 0. The average molecular weight is 400 g/mol. The van der Waals surface area contributed by atoms with Crippen LogP contribution in [0.3, 0.4) is 0 Å². The number of rotatable bonds is 2. The maximum atomic E-state index is 13.1. The van der Waals surface area contributed by atoms with E-state index in [0.717, 1.165) is 0 Å². The number of ether oxygens (including phenoxy) is 3. The summed E-state index contributed by atoms with van der Waals surface area (Å²) in [4.78, 5) is 37.6. The molecular weight excluding hydrogens is 376 g/mol. The Bertz CT molecular complexity index is 887. The number of esters is 3. The molecule has 7 heteroatoms. The van der Waals surface area contributed by atoms with Crippen LogP contribution in [0.5, 0.6) is 0 Å². The average Bonchev–Trinajstić information content (AvgIpc) is 3.32. The molecule has 1 aromatic heterocycles. The van der Waals surface area contributed by atoms with Crippen molar-refractivity contribution in [2.75, 3.05) is 6.61 Å². The highest BCUT2D eigenvalue weighted by atomic mass is 16.6. The SMILES string of the molecule is CC(=O)O[C@@H]1[C@@H](c2ccoc2)OC(=O)[C@H]2CC[C@]34COC(=O)[C@H]3C=CC[C@H]4[C@@]21C. The molecule has 2 aliphatic heterocycles. The van der Waals surface area contributed by atoms with Gasteiger partial charge in [0.25, 0.3) is 0 Å². The molecule has 7 nitrogen and oxygen atoms in total. The van der Waals surface area contributed by atoms with Crippen molar-refractivity contribution in [1.29, 1.82) is 0 Å². The number of carbonyl (C=O) groups is 3. The number of fused-ring (bicyclic) bond motifs is 2. The summed E-state index contributed by atoms with van der Waals surface area (Å²) >= 11 is 0. The largest absolute Gasteiger partial charge is 0.472 e. The molecule has 1 spiro atoms. The van der Waals surface area contributed by atoms with Gasteiger partial charge < -0.3 is 18.6 Å². The number of furan rings is 1. The van der Waals surface area contributed by atoms with E-state index in [-0.39, 0.29) is 29.2 Å². The summed E-state index contributed by atoms with van der Waals surface area (Å²) in [5.74, 6) is -1.70. The summed E-state index contributed by atoms with van der Waals surface area (Å²) in [6.45, 7) is 3.72. The molecule has 29 heavy (non-hydrogen) atoms. The zero-order chi connectivity index (χ0) is 20.4. The molecule has 3 heterocycles. The van der Waals surface area contributed by atoms with Crippen molar-refractivity contribution in [1.82, 2.24) is 0 Å². The molecule has 154 valence electrons. The molecule has 0 amide bonds. The van der Waals surface area contributed by atoms with Crippen molar-refractivity contribution in [3.63, 3.8) is 0 Å². The van der Waals surface area contributed by atoms with Crippen LogP contribution in [0.4, 0.5) is 0 Å². The molecule has 1 aromatic rings. The van der Waals surface area contributed by atoms with Gasteiger partial charge in [0.2, 0.25) is 0 Å². The molecule has 2 aliphatic carbocycles. The summed E-state index contributed by atoms with van der Waals surface area (Å²) in [6, 6.07) is 1.72. The molecule has 0 aromatic carbocycles. The Labute approximate surface area is 168 Å². The first-order valence-corrected chi connectivity index (χ1v) is 10.1. The molecule has 4 aliphatic rings. The molecule has 0 bridgehead atoms. The fraction of sp³-hybridized carbons (Fsp3) is 0.591. The first-order chi connectivity index (χ1) is 13.9. The third-order valence-electron chi connectivity index (χ3n) is 7.73. The Morgan fingerprint density at radius 2 is 2.10 bits per heavy atom. The molecule has 5 rings (SSSR count). The Kier molecular flexibility index (Phi) is 3.95. The lowest BCUT2D eigenvalue weighted by Crippen LogP contribution is -2.64. The van der Waals surface area contributed by atoms with Crippen molar-refractivity contribution in [2.24, 2.45) is 28.6 Å². The highest BCUT2D eigenvalue weighted by Crippen LogP contribution is 2.66. The fourth-order valence-corrected chi connectivity index (χ4v) is 6.45. The zero-order valence-electron chi connectivity index (χ0n) is 16.5. The van der Waals surface area contributed by atoms with Crippen molar-refractivity contribution < 1.29 is 33.0 Å². The van der Waals surface area contributed by atoms with Crippen LogP contribution >= 0.6 is 0 Å². The maximum Gasteiger partial charge on any atom is 0.313 e. The number of carbonyl (C=O) groups excluding carboxylic acids is 3. The lowest BCUT2D eigenvalue weighted by Gasteiger charge is -2.61. The summed E-state index contributed by atoms with van der Waals surface area (Å²) in [7, 11) is 0. The highest BCUT2D eigenvalue weighted by Gasteiger charge is 2.70. The third kappa shape index (κ3) is 2.39. The van der Waals surface area contributed by atoms with E-state index in [2.05, 4.69) is 0 Å². The normalized spacial score (nSPS) is 42.9. The smallest absolute Gasteiger partial charge is 0.313 e. The van der Waals surface area contributed by atoms with Gasteiger partial charge >= 0.3 is 17.9 Å². The van der Waals surface area contributed by atoms with E-state index in [0.29, 0.717) is 31.4 Å². The third-order valence-corrected chi connectivity index (χ3v) is 7.73. The van der Waals surface area contributed by atoms with Gasteiger partial charge in [-0.3, -0.25) is 14.4 Å². The van der Waals surface area contributed by atoms with Gasteiger partial charge in [-0.05, 0) is 31.2 Å². The predicted octanol–water partition coefficient (Wildman–Crippen LogP) is 2.96. The van der Waals surface area contributed by atoms with Crippen LogP contribution in [0, 0.1) is 28.6 Å². The van der Waals surface area contributed by atoms with Crippen molar-refractivity contribution >= 4 is 17.9 Å². The van der Waals surface area contributed by atoms with Gasteiger partial charge in [0, 0.05) is 23.3 Å². The first-order valence-electron chi connectivity index (χ1n) is 10.1. The first kappa shape index (κ1) is 18.5. The van der Waals surface area contributed by atoms with E-state index >= 15 is 0 Å². The number of allylic oxidation sites excluding steroid dienone is 1. The van der Waals surface area contributed by atoms with Gasteiger partial charge in [0.1, 0.15) is 6.10 Å². The molecule has 1 saturated carbocycles. The van der Waals surface area contributed by atoms with Gasteiger partial charge in [0.05, 0.1) is 31.0 Å². The van der Waals surface area contributed by atoms with Gasteiger partial charge in [-0.25, -0.2) is 0 Å². The van der Waals surface area contributed by atoms with Gasteiger partial charge in [-0.1, -0.05) is 19.1 Å². The lowest BCUT2D eigenvalue weighted by molar-refractivity contribution is -0.240. The summed E-state index contributed by atoms with van der Waals surface area (Å²) in [5.41, 5.74) is -0.419. The van der Waals surface area contributed by atoms with Crippen LogP contribution < -0.4 is 0 Å². The van der Waals surface area contributed by atoms with E-state index in [1.54, 1.807) is 6.07 Å². The van der Waals surface area contributed by atoms with E-state index < -0.39 is 29.5 Å². The second-order valence-corrected chi connectivity index (χ2v) is 8.94. The van der Waals surface area contributed by atoms with Gasteiger partial charge in [-0.15, -0.1) is 0 Å². The standard InChI is InChI=1S/C22H24O7/c1-12(23)28-18-17(13-7-9-26-10-13)29-20(25)14-6-8-22-11-27-19(24)15(22)4-3-5-16(22)21(14,18)2/h3-4,7,9-10,14-18H,5-6,8,11H2,1-2H3/t14-,15-,16+,17-,18-,21-,22+/m1/s1. The second kappa shape index (κ2) is 6.21. The molecule has 0 unspecified atom stereocenters. The van der Waals surface area contributed by atoms with E-state index in [1.807, 2.05) is 19.1 Å². The van der Waals surface area contributed by atoms with Crippen LogP contribution in [0.1, 0.15) is 44.8 Å². The Hall–Kier alpha value is -2.57. The number of hydrogen-bond acceptors (Lipinski definition) is 7. The van der Waals surface area contributed by atoms with Crippen LogP contribution in [-0.4, -0.2) is 30.6 Å². The number of cyclic esters (lactones) is 2. The van der Waals surface area contributed by atoms with Crippen LogP contribution in [0.2, 0.25) is 0 Å². The zero-order valence-corrected chi connectivity index (χ0v) is 16.5. The van der Waals surface area contributed by atoms with Gasteiger partial charge in [0.15, 0.2) is 6.10 Å². The Morgan fingerprint density at radius 1 is 1.28 bits per heavy atom. The molecule has 7 atom stereocenters. The molecule has 3 fully saturated rings. The van der Waals surface area contributed by atoms with Crippen LogP contribution in [0.15, 0.2) is 35.2 Å². The van der Waals surface area contributed by atoms with Crippen molar-refractivity contribution in [3.05, 3.63) is 36.3 Å². The van der Waals surface area contributed by atoms with E-state index in [1.165, 1.54) is 19.5 Å². The number of hydrogen-bond donors (Lipinski definition) is 0. The predicted molar refractivity (Wildman–Crippen MR) is 98.1 cm³/mol. The van der Waals surface area contributed by atoms with E-state index in [9.17, 15) is 14.4 Å². The second-order valence-electron chi connectivity index (χ2n) is 8.94. The minimum atomic E-state index is -0.746. The summed E-state index contributed by atoms with van der Waals surface area (Å²) < 4.78 is 22.4. The van der Waals surface area contributed by atoms with Crippen LogP contribution in [0.25, 0.3) is 0 Å². The lowest BCUT2D eigenvalue weighted by atomic mass is 9.44. The minimum absolute atomic E-state index is 0.0539. The molecular formula is C22H24O7. The topological polar surface area (TPSA) is 92.0 Å².